The molecule has 4 rings (SSSR count). The van der Waals surface area contributed by atoms with E-state index in [1.807, 2.05) is 19.9 Å². The highest BCUT2D eigenvalue weighted by molar-refractivity contribution is 6.03. The monoisotopic (exact) mass is 423 g/mol. The Balaban J connectivity index is 1.55. The first-order valence-electron chi connectivity index (χ1n) is 10.5. The van der Waals surface area contributed by atoms with Gasteiger partial charge in [0.1, 0.15) is 5.82 Å². The molecule has 2 atom stereocenters. The number of carbonyl (C=O) groups is 2. The van der Waals surface area contributed by atoms with Crippen molar-refractivity contribution in [3.8, 4) is 11.3 Å². The highest BCUT2D eigenvalue weighted by Gasteiger charge is 2.37. The van der Waals surface area contributed by atoms with Gasteiger partial charge in [0, 0.05) is 30.1 Å². The number of hydrogen-bond acceptors (Lipinski definition) is 4. The minimum atomic E-state index is -0.587. The molecule has 0 saturated heterocycles. The maximum absolute atomic E-state index is 14.9. The zero-order valence-corrected chi connectivity index (χ0v) is 17.9. The molecule has 1 amide bonds. The summed E-state index contributed by atoms with van der Waals surface area (Å²) in [5.41, 5.74) is 3.59. The first kappa shape index (κ1) is 21.0. The zero-order valence-electron chi connectivity index (χ0n) is 17.9. The van der Waals surface area contributed by atoms with E-state index in [1.165, 1.54) is 12.1 Å². The van der Waals surface area contributed by atoms with E-state index in [4.69, 9.17) is 0 Å². The number of nitrogens with zero attached hydrogens (tertiary/aromatic N) is 3. The van der Waals surface area contributed by atoms with Crippen LogP contribution in [0.25, 0.3) is 11.3 Å². The highest BCUT2D eigenvalue weighted by Crippen LogP contribution is 2.35. The summed E-state index contributed by atoms with van der Waals surface area (Å²) >= 11 is 0. The van der Waals surface area contributed by atoms with Gasteiger partial charge in [-0.25, -0.2) is 4.39 Å². The number of nitrogens with one attached hydrogen (secondary N) is 2. The molecule has 0 bridgehead atoms. The number of aromatic amines is 1. The summed E-state index contributed by atoms with van der Waals surface area (Å²) in [6.07, 6.45) is 4.49. The summed E-state index contributed by atoms with van der Waals surface area (Å²) in [4.78, 5) is 26.2. The average molecular weight is 423 g/mol. The Morgan fingerprint density at radius 3 is 2.52 bits per heavy atom. The van der Waals surface area contributed by atoms with Gasteiger partial charge in [-0.1, -0.05) is 18.9 Å². The van der Waals surface area contributed by atoms with Gasteiger partial charge in [0.25, 0.3) is 0 Å². The van der Waals surface area contributed by atoms with Crippen LogP contribution in [0.5, 0.6) is 0 Å². The van der Waals surface area contributed by atoms with E-state index in [0.29, 0.717) is 29.8 Å². The number of anilines is 1. The zero-order chi connectivity index (χ0) is 22.1. The summed E-state index contributed by atoms with van der Waals surface area (Å²) in [6, 6.07) is 6.35. The fourth-order valence-electron chi connectivity index (χ4n) is 4.25. The van der Waals surface area contributed by atoms with E-state index in [2.05, 4.69) is 20.6 Å². The van der Waals surface area contributed by atoms with Crippen molar-refractivity contribution in [2.24, 2.45) is 18.9 Å². The second-order valence-electron chi connectivity index (χ2n) is 8.25. The Labute approximate surface area is 180 Å². The van der Waals surface area contributed by atoms with Crippen LogP contribution < -0.4 is 5.32 Å². The van der Waals surface area contributed by atoms with Crippen molar-refractivity contribution in [2.45, 2.75) is 39.5 Å². The quantitative estimate of drug-likeness (QED) is 0.602. The van der Waals surface area contributed by atoms with Gasteiger partial charge < -0.3 is 5.32 Å². The van der Waals surface area contributed by atoms with E-state index in [0.717, 1.165) is 24.2 Å². The Kier molecular flexibility index (Phi) is 5.71. The second kappa shape index (κ2) is 8.45. The number of aromatic nitrogens is 4. The molecular formula is C23H26FN5O2. The number of aryl methyl sites for hydroxylation is 2. The highest BCUT2D eigenvalue weighted by atomic mass is 19.1. The summed E-state index contributed by atoms with van der Waals surface area (Å²) < 4.78 is 16.6. The van der Waals surface area contributed by atoms with Gasteiger partial charge in [-0.05, 0) is 44.9 Å². The molecule has 1 saturated carbocycles. The molecule has 162 valence electrons. The van der Waals surface area contributed by atoms with Gasteiger partial charge in [0.2, 0.25) is 5.91 Å². The maximum atomic E-state index is 14.9. The molecule has 7 nitrogen and oxygen atoms in total. The Morgan fingerprint density at radius 1 is 1.16 bits per heavy atom. The molecule has 2 aromatic heterocycles. The van der Waals surface area contributed by atoms with E-state index in [-0.39, 0.29) is 17.3 Å². The van der Waals surface area contributed by atoms with E-state index in [1.54, 1.807) is 24.0 Å². The van der Waals surface area contributed by atoms with Crippen molar-refractivity contribution in [2.75, 3.05) is 5.32 Å². The molecule has 2 N–H and O–H groups in total. The van der Waals surface area contributed by atoms with Gasteiger partial charge >= 0.3 is 0 Å². The molecule has 1 fully saturated rings. The van der Waals surface area contributed by atoms with Crippen LogP contribution in [-0.4, -0.2) is 31.7 Å². The second-order valence-corrected chi connectivity index (χ2v) is 8.25. The molecule has 1 aromatic carbocycles. The largest absolute Gasteiger partial charge is 0.323 e. The number of benzene rings is 1. The van der Waals surface area contributed by atoms with Crippen molar-refractivity contribution in [3.63, 3.8) is 0 Å². The van der Waals surface area contributed by atoms with Crippen molar-refractivity contribution < 1.29 is 14.0 Å². The van der Waals surface area contributed by atoms with Crippen molar-refractivity contribution in [3.05, 3.63) is 53.2 Å². The molecule has 31 heavy (non-hydrogen) atoms. The Bertz CT molecular complexity index is 1130. The third-order valence-corrected chi connectivity index (χ3v) is 6.17. The number of hydrogen-bond donors (Lipinski definition) is 2. The van der Waals surface area contributed by atoms with Crippen LogP contribution in [0.4, 0.5) is 10.1 Å². The van der Waals surface area contributed by atoms with Gasteiger partial charge in [0.15, 0.2) is 5.78 Å². The molecule has 2 unspecified atom stereocenters. The summed E-state index contributed by atoms with van der Waals surface area (Å²) in [5.74, 6) is -2.15. The normalized spacial score (nSPS) is 18.7. The van der Waals surface area contributed by atoms with Crippen LogP contribution in [0.2, 0.25) is 0 Å². The van der Waals surface area contributed by atoms with Gasteiger partial charge in [-0.15, -0.1) is 0 Å². The van der Waals surface area contributed by atoms with E-state index < -0.39 is 17.7 Å². The van der Waals surface area contributed by atoms with Crippen LogP contribution in [0.1, 0.15) is 47.4 Å². The lowest BCUT2D eigenvalue weighted by molar-refractivity contribution is -0.122. The first-order valence-corrected chi connectivity index (χ1v) is 10.5. The molecule has 0 aliphatic heterocycles. The predicted molar refractivity (Wildman–Crippen MR) is 115 cm³/mol. The van der Waals surface area contributed by atoms with Gasteiger partial charge in [-0.3, -0.25) is 19.4 Å². The van der Waals surface area contributed by atoms with Crippen molar-refractivity contribution in [1.29, 1.82) is 0 Å². The lowest BCUT2D eigenvalue weighted by atomic mass is 9.74. The van der Waals surface area contributed by atoms with Crippen LogP contribution in [0.15, 0.2) is 30.5 Å². The Hall–Kier alpha value is -3.29. The smallest absolute Gasteiger partial charge is 0.228 e. The molecule has 0 spiro atoms. The van der Waals surface area contributed by atoms with Crippen LogP contribution in [0, 0.1) is 31.5 Å². The number of ketones is 1. The standard InChI is InChI=1S/C23H26FN5O2/c1-13-10-20(28-27-13)15-8-9-18(19(24)11-15)22(30)16-6-4-5-7-17(16)23(31)26-21-12-25-29(3)14(21)2/h8-12,16-17H,4-7H2,1-3H3,(H,26,31)(H,27,28). The minimum absolute atomic E-state index is 0.0262. The number of halogens is 1. The molecule has 3 aromatic rings. The van der Waals surface area contributed by atoms with Gasteiger partial charge in [0.05, 0.1) is 28.8 Å². The topological polar surface area (TPSA) is 92.7 Å². The maximum Gasteiger partial charge on any atom is 0.228 e. The Morgan fingerprint density at radius 2 is 1.90 bits per heavy atom. The SMILES string of the molecule is Cc1cc(-c2ccc(C(=O)C3CCCCC3C(=O)Nc3cnn(C)c3C)c(F)c2)n[nH]1. The molecule has 1 aliphatic rings. The predicted octanol–water partition coefficient (Wildman–Crippen LogP) is 4.19. The fourth-order valence-corrected chi connectivity index (χ4v) is 4.25. The number of Topliss-reactive ketones (excluding diaryl/α,β-unsaturated/α-hetero) is 1. The van der Waals surface area contributed by atoms with Crippen LogP contribution in [0.3, 0.4) is 0 Å². The van der Waals surface area contributed by atoms with Crippen LogP contribution in [-0.2, 0) is 11.8 Å². The third-order valence-electron chi connectivity index (χ3n) is 6.17. The number of amides is 1. The number of rotatable bonds is 5. The third kappa shape index (κ3) is 4.15. The fraction of sp³-hybridized carbons (Fsp3) is 0.391. The molecule has 1 aliphatic carbocycles. The summed E-state index contributed by atoms with van der Waals surface area (Å²) in [7, 11) is 1.80. The lowest BCUT2D eigenvalue weighted by Gasteiger charge is -2.29. The molecular weight excluding hydrogens is 397 g/mol. The van der Waals surface area contributed by atoms with Crippen molar-refractivity contribution in [1.82, 2.24) is 20.0 Å². The summed E-state index contributed by atoms with van der Waals surface area (Å²) in [5, 5.41) is 14.0. The van der Waals surface area contributed by atoms with Crippen molar-refractivity contribution >= 4 is 17.4 Å². The molecule has 8 heteroatoms. The molecule has 0 radical (unpaired) electrons. The molecule has 2 heterocycles. The van der Waals surface area contributed by atoms with E-state index >= 15 is 0 Å². The lowest BCUT2D eigenvalue weighted by Crippen LogP contribution is -2.36. The van der Waals surface area contributed by atoms with E-state index in [9.17, 15) is 14.0 Å². The van der Waals surface area contributed by atoms with Crippen LogP contribution >= 0.6 is 0 Å². The average Bonchev–Trinajstić information content (AvgIpc) is 3.34. The van der Waals surface area contributed by atoms with Gasteiger partial charge in [-0.2, -0.15) is 10.2 Å². The number of carbonyl (C=O) groups excluding carboxylic acids is 2. The minimum Gasteiger partial charge on any atom is -0.323 e. The summed E-state index contributed by atoms with van der Waals surface area (Å²) in [6.45, 7) is 3.73. The number of H-pyrrole nitrogens is 1. The first-order chi connectivity index (χ1) is 14.8.